The second-order valence-corrected chi connectivity index (χ2v) is 8.10. The van der Waals surface area contributed by atoms with E-state index in [1.165, 1.54) is 6.07 Å². The summed E-state index contributed by atoms with van der Waals surface area (Å²) >= 11 is 0. The molecule has 1 amide bonds. The average Bonchev–Trinajstić information content (AvgIpc) is 3.31. The number of phenolic OH excluding ortho intramolecular Hbond substituents is 1. The van der Waals surface area contributed by atoms with Crippen LogP contribution in [0.2, 0.25) is 0 Å². The lowest BCUT2D eigenvalue weighted by Crippen LogP contribution is -2.31. The van der Waals surface area contributed by atoms with Crippen LogP contribution in [0.3, 0.4) is 0 Å². The molecule has 0 bridgehead atoms. The zero-order chi connectivity index (χ0) is 24.5. The van der Waals surface area contributed by atoms with Gasteiger partial charge in [0.2, 0.25) is 11.7 Å². The van der Waals surface area contributed by atoms with Crippen LogP contribution in [0, 0.1) is 17.6 Å². The highest BCUT2D eigenvalue weighted by atomic mass is 19.4. The Balaban J connectivity index is 1.30. The minimum Gasteiger partial charge on any atom is -0.503 e. The minimum absolute atomic E-state index is 0.0389. The van der Waals surface area contributed by atoms with E-state index in [4.69, 9.17) is 9.63 Å². The van der Waals surface area contributed by atoms with Gasteiger partial charge in [-0.15, -0.1) is 0 Å². The number of aromatic hydroxyl groups is 1. The number of nitrogens with one attached hydrogen (secondary N) is 1. The molecule has 12 heteroatoms. The third kappa shape index (κ3) is 5.15. The first kappa shape index (κ1) is 23.6. The molecule has 1 aromatic carbocycles. The topological polar surface area (TPSA) is 101 Å². The van der Waals surface area contributed by atoms with Crippen molar-refractivity contribution in [3.63, 3.8) is 0 Å². The first-order valence-corrected chi connectivity index (χ1v) is 10.4. The van der Waals surface area contributed by atoms with E-state index in [-0.39, 0.29) is 28.9 Å². The van der Waals surface area contributed by atoms with Crippen LogP contribution in [0.25, 0.3) is 11.5 Å². The smallest absolute Gasteiger partial charge is 0.417 e. The van der Waals surface area contributed by atoms with Crippen molar-refractivity contribution < 1.29 is 36.4 Å². The highest BCUT2D eigenvalue weighted by Crippen LogP contribution is 2.36. The first-order valence-electron chi connectivity index (χ1n) is 10.4. The van der Waals surface area contributed by atoms with Crippen LogP contribution in [0.4, 0.5) is 22.0 Å². The number of pyridine rings is 1. The molecule has 1 aliphatic carbocycles. The van der Waals surface area contributed by atoms with E-state index in [1.54, 1.807) is 0 Å². The molecule has 0 unspecified atom stereocenters. The van der Waals surface area contributed by atoms with Gasteiger partial charge in [-0.2, -0.15) is 18.2 Å². The van der Waals surface area contributed by atoms with Crippen molar-refractivity contribution in [2.75, 3.05) is 6.54 Å². The van der Waals surface area contributed by atoms with Crippen LogP contribution in [0.1, 0.15) is 53.4 Å². The van der Waals surface area contributed by atoms with Gasteiger partial charge in [-0.25, -0.2) is 8.78 Å². The maximum atomic E-state index is 13.4. The van der Waals surface area contributed by atoms with Gasteiger partial charge in [0.05, 0.1) is 5.56 Å². The molecule has 2 heterocycles. The highest BCUT2D eigenvalue weighted by Gasteiger charge is 2.31. The molecule has 2 aromatic heterocycles. The third-order valence-electron chi connectivity index (χ3n) is 5.79. The van der Waals surface area contributed by atoms with E-state index in [1.807, 2.05) is 0 Å². The summed E-state index contributed by atoms with van der Waals surface area (Å²) in [4.78, 5) is 20.2. The molecule has 1 saturated carbocycles. The number of alkyl halides is 3. The van der Waals surface area contributed by atoms with Gasteiger partial charge < -0.3 is 14.9 Å². The van der Waals surface area contributed by atoms with Crippen molar-refractivity contribution in [1.82, 2.24) is 20.4 Å². The summed E-state index contributed by atoms with van der Waals surface area (Å²) in [6, 6.07) is 3.62. The van der Waals surface area contributed by atoms with Gasteiger partial charge in [-0.05, 0) is 55.9 Å². The number of halogens is 5. The number of aromatic nitrogens is 3. The first-order chi connectivity index (χ1) is 16.1. The monoisotopic (exact) mass is 482 g/mol. The maximum Gasteiger partial charge on any atom is 0.417 e. The van der Waals surface area contributed by atoms with Gasteiger partial charge in [0.1, 0.15) is 5.69 Å². The van der Waals surface area contributed by atoms with Crippen molar-refractivity contribution in [3.05, 3.63) is 59.1 Å². The minimum atomic E-state index is -4.48. The molecular formula is C22H19F5N4O3. The van der Waals surface area contributed by atoms with E-state index < -0.39 is 35.0 Å². The van der Waals surface area contributed by atoms with Crippen LogP contribution in [0.15, 0.2) is 35.0 Å². The average molecular weight is 482 g/mol. The number of rotatable bonds is 5. The summed E-state index contributed by atoms with van der Waals surface area (Å²) in [6.07, 6.45) is -0.955. The number of phenols is 1. The van der Waals surface area contributed by atoms with Crippen LogP contribution in [0.5, 0.6) is 5.75 Å². The molecule has 7 nitrogen and oxygen atoms in total. The highest BCUT2D eigenvalue weighted by molar-refractivity contribution is 5.94. The summed E-state index contributed by atoms with van der Waals surface area (Å²) in [5, 5.41) is 15.6. The predicted octanol–water partition coefficient (Wildman–Crippen LogP) is 4.84. The fraction of sp³-hybridized carbons (Fsp3) is 0.364. The largest absolute Gasteiger partial charge is 0.503 e. The van der Waals surface area contributed by atoms with E-state index in [2.05, 4.69) is 20.4 Å². The standard InChI is InChI=1S/C22H19F5N4O3/c23-15-7-13(8-16(24)18(15)32)20(33)29-9-11-1-3-12(4-2-11)21-30-19(31-34-21)17-6-5-14(10-28-17)22(25,26)27/h5-8,10-12,32H,1-4,9H2,(H,29,33)/t11-,12-. The molecule has 0 radical (unpaired) electrons. The second-order valence-electron chi connectivity index (χ2n) is 8.10. The molecule has 1 aliphatic rings. The Morgan fingerprint density at radius 1 is 1.12 bits per heavy atom. The summed E-state index contributed by atoms with van der Waals surface area (Å²) in [5.74, 6) is -3.64. The number of hydrogen-bond donors (Lipinski definition) is 2. The van der Waals surface area contributed by atoms with Gasteiger partial charge >= 0.3 is 6.18 Å². The van der Waals surface area contributed by atoms with E-state index >= 15 is 0 Å². The summed E-state index contributed by atoms with van der Waals surface area (Å²) in [6.45, 7) is 0.306. The van der Waals surface area contributed by atoms with Crippen LogP contribution in [-0.2, 0) is 6.18 Å². The van der Waals surface area contributed by atoms with Crippen LogP contribution < -0.4 is 5.32 Å². The normalized spacial score (nSPS) is 18.6. The Morgan fingerprint density at radius 3 is 2.38 bits per heavy atom. The zero-order valence-electron chi connectivity index (χ0n) is 17.6. The molecule has 2 N–H and O–H groups in total. The SMILES string of the molecule is O=C(NC[C@H]1CC[C@H](c2nc(-c3ccc(C(F)(F)F)cn3)no2)CC1)c1cc(F)c(O)c(F)c1. The summed E-state index contributed by atoms with van der Waals surface area (Å²) < 4.78 is 70.2. The number of amides is 1. The molecule has 0 saturated heterocycles. The lowest BCUT2D eigenvalue weighted by atomic mass is 9.82. The van der Waals surface area contributed by atoms with Crippen molar-refractivity contribution in [2.24, 2.45) is 5.92 Å². The van der Waals surface area contributed by atoms with Crippen molar-refractivity contribution in [2.45, 2.75) is 37.8 Å². The molecule has 3 aromatic rings. The number of hydrogen-bond acceptors (Lipinski definition) is 6. The zero-order valence-corrected chi connectivity index (χ0v) is 17.6. The number of benzene rings is 1. The van der Waals surface area contributed by atoms with E-state index in [0.717, 1.165) is 31.0 Å². The van der Waals surface area contributed by atoms with Crippen LogP contribution >= 0.6 is 0 Å². The fourth-order valence-electron chi connectivity index (χ4n) is 3.85. The maximum absolute atomic E-state index is 13.4. The molecule has 180 valence electrons. The van der Waals surface area contributed by atoms with Crippen molar-refractivity contribution >= 4 is 5.91 Å². The lowest BCUT2D eigenvalue weighted by molar-refractivity contribution is -0.137. The Kier molecular flexibility index (Phi) is 6.49. The van der Waals surface area contributed by atoms with Crippen molar-refractivity contribution in [1.29, 1.82) is 0 Å². The molecule has 34 heavy (non-hydrogen) atoms. The van der Waals surface area contributed by atoms with E-state index in [0.29, 0.717) is 31.5 Å². The van der Waals surface area contributed by atoms with Gasteiger partial charge in [0, 0.05) is 24.2 Å². The molecule has 0 spiro atoms. The molecular weight excluding hydrogens is 463 g/mol. The number of carbonyl (C=O) groups is 1. The van der Waals surface area contributed by atoms with E-state index in [9.17, 15) is 26.7 Å². The van der Waals surface area contributed by atoms with Gasteiger partial charge in [-0.3, -0.25) is 9.78 Å². The Hall–Kier alpha value is -3.57. The lowest BCUT2D eigenvalue weighted by Gasteiger charge is -2.26. The van der Waals surface area contributed by atoms with Gasteiger partial charge in [0.25, 0.3) is 5.91 Å². The summed E-state index contributed by atoms with van der Waals surface area (Å²) in [7, 11) is 0. The fourth-order valence-corrected chi connectivity index (χ4v) is 3.85. The quantitative estimate of drug-likeness (QED) is 0.505. The number of carbonyl (C=O) groups excluding carboxylic acids is 1. The second kappa shape index (κ2) is 9.35. The third-order valence-corrected chi connectivity index (χ3v) is 5.79. The molecule has 4 rings (SSSR count). The number of nitrogens with zero attached hydrogens (tertiary/aromatic N) is 3. The Labute approximate surface area is 190 Å². The molecule has 1 fully saturated rings. The van der Waals surface area contributed by atoms with Crippen molar-refractivity contribution in [3.8, 4) is 17.3 Å². The molecule has 0 aliphatic heterocycles. The molecule has 0 atom stereocenters. The predicted molar refractivity (Wildman–Crippen MR) is 108 cm³/mol. The summed E-state index contributed by atoms with van der Waals surface area (Å²) in [5.41, 5.74) is -0.927. The van der Waals surface area contributed by atoms with Crippen LogP contribution in [-0.4, -0.2) is 32.7 Å². The van der Waals surface area contributed by atoms with Gasteiger partial charge in [0.15, 0.2) is 17.4 Å². The Bertz CT molecular complexity index is 1150. The van der Waals surface area contributed by atoms with Gasteiger partial charge in [-0.1, -0.05) is 5.16 Å². The Morgan fingerprint density at radius 2 is 1.79 bits per heavy atom.